The van der Waals surface area contributed by atoms with Gasteiger partial charge in [-0.2, -0.15) is 0 Å². The van der Waals surface area contributed by atoms with Crippen LogP contribution >= 0.6 is 0 Å². The van der Waals surface area contributed by atoms with Crippen molar-refractivity contribution in [2.75, 3.05) is 6.61 Å². The van der Waals surface area contributed by atoms with Gasteiger partial charge in [0.05, 0.1) is 13.0 Å². The van der Waals surface area contributed by atoms with Crippen molar-refractivity contribution in [3.05, 3.63) is 22.3 Å². The van der Waals surface area contributed by atoms with Crippen LogP contribution in [0.1, 0.15) is 79.6 Å². The lowest BCUT2D eigenvalue weighted by molar-refractivity contribution is -0.143. The SMILES string of the molecule is CCCCC1=C(CCCC)C(CC(=O)OCC)C(C)=C1C. The van der Waals surface area contributed by atoms with Crippen molar-refractivity contribution in [1.82, 2.24) is 0 Å². The van der Waals surface area contributed by atoms with Gasteiger partial charge in [0, 0.05) is 5.92 Å². The molecule has 2 nitrogen and oxygen atoms in total. The average Bonchev–Trinajstić information content (AvgIpc) is 2.67. The van der Waals surface area contributed by atoms with Crippen LogP contribution in [0.2, 0.25) is 0 Å². The largest absolute Gasteiger partial charge is 0.466 e. The zero-order chi connectivity index (χ0) is 15.8. The number of ether oxygens (including phenoxy) is 1. The second-order valence-corrected chi connectivity index (χ2v) is 6.08. The lowest BCUT2D eigenvalue weighted by Gasteiger charge is -2.17. The van der Waals surface area contributed by atoms with Crippen LogP contribution in [0.5, 0.6) is 0 Å². The standard InChI is InChI=1S/C19H32O2/c1-6-9-11-16-14(4)15(5)18(13-19(20)21-8-3)17(16)12-10-7-2/h18H,6-13H2,1-5H3. The minimum absolute atomic E-state index is 0.0552. The number of allylic oxidation sites excluding steroid dienone is 4. The number of esters is 1. The topological polar surface area (TPSA) is 26.3 Å². The first-order valence-corrected chi connectivity index (χ1v) is 8.61. The molecule has 0 N–H and O–H groups in total. The van der Waals surface area contributed by atoms with Crippen molar-refractivity contribution in [3.8, 4) is 0 Å². The molecule has 1 atom stereocenters. The second kappa shape index (κ2) is 9.07. The summed E-state index contributed by atoms with van der Waals surface area (Å²) in [6.45, 7) is 11.3. The Hall–Kier alpha value is -1.05. The molecule has 0 spiro atoms. The third kappa shape index (κ3) is 4.72. The fourth-order valence-corrected chi connectivity index (χ4v) is 3.27. The molecule has 2 heteroatoms. The molecule has 0 aliphatic heterocycles. The van der Waals surface area contributed by atoms with E-state index < -0.39 is 0 Å². The van der Waals surface area contributed by atoms with E-state index in [4.69, 9.17) is 4.74 Å². The Morgan fingerprint density at radius 2 is 1.67 bits per heavy atom. The van der Waals surface area contributed by atoms with Crippen LogP contribution in [0.15, 0.2) is 22.3 Å². The molecule has 1 aliphatic carbocycles. The van der Waals surface area contributed by atoms with E-state index in [0.29, 0.717) is 18.9 Å². The zero-order valence-corrected chi connectivity index (χ0v) is 14.6. The molecule has 0 aromatic rings. The van der Waals surface area contributed by atoms with Crippen molar-refractivity contribution in [2.45, 2.75) is 79.6 Å². The van der Waals surface area contributed by atoms with Gasteiger partial charge < -0.3 is 4.74 Å². The number of hydrogen-bond acceptors (Lipinski definition) is 2. The first-order chi connectivity index (χ1) is 10.1. The molecule has 0 heterocycles. The van der Waals surface area contributed by atoms with Crippen LogP contribution in [0.25, 0.3) is 0 Å². The maximum atomic E-state index is 11.9. The highest BCUT2D eigenvalue weighted by Crippen LogP contribution is 2.43. The third-order valence-electron chi connectivity index (χ3n) is 4.63. The molecule has 120 valence electrons. The van der Waals surface area contributed by atoms with Crippen LogP contribution in [0.4, 0.5) is 0 Å². The lowest BCUT2D eigenvalue weighted by Crippen LogP contribution is -2.13. The summed E-state index contributed by atoms with van der Waals surface area (Å²) in [5.41, 5.74) is 5.88. The number of rotatable bonds is 9. The van der Waals surface area contributed by atoms with E-state index in [0.717, 1.165) is 12.8 Å². The number of unbranched alkanes of at least 4 members (excludes halogenated alkanes) is 2. The molecular weight excluding hydrogens is 260 g/mol. The van der Waals surface area contributed by atoms with Gasteiger partial charge in [-0.3, -0.25) is 4.79 Å². The van der Waals surface area contributed by atoms with Crippen LogP contribution in [-0.2, 0) is 9.53 Å². The van der Waals surface area contributed by atoms with Gasteiger partial charge in [-0.25, -0.2) is 0 Å². The van der Waals surface area contributed by atoms with Crippen molar-refractivity contribution < 1.29 is 9.53 Å². The Bertz CT molecular complexity index is 415. The predicted molar refractivity (Wildman–Crippen MR) is 89.2 cm³/mol. The van der Waals surface area contributed by atoms with Gasteiger partial charge >= 0.3 is 5.97 Å². The van der Waals surface area contributed by atoms with Crippen molar-refractivity contribution in [2.24, 2.45) is 5.92 Å². The monoisotopic (exact) mass is 292 g/mol. The number of hydrogen-bond donors (Lipinski definition) is 0. The maximum Gasteiger partial charge on any atom is 0.306 e. The van der Waals surface area contributed by atoms with E-state index in [1.54, 1.807) is 0 Å². The molecule has 21 heavy (non-hydrogen) atoms. The van der Waals surface area contributed by atoms with Gasteiger partial charge in [0.2, 0.25) is 0 Å². The van der Waals surface area contributed by atoms with E-state index in [2.05, 4.69) is 27.7 Å². The first-order valence-electron chi connectivity index (χ1n) is 8.61. The van der Waals surface area contributed by atoms with E-state index in [-0.39, 0.29) is 5.97 Å². The van der Waals surface area contributed by atoms with Gasteiger partial charge in [0.15, 0.2) is 0 Å². The summed E-state index contributed by atoms with van der Waals surface area (Å²) >= 11 is 0. The van der Waals surface area contributed by atoms with Crippen molar-refractivity contribution in [1.29, 1.82) is 0 Å². The highest BCUT2D eigenvalue weighted by molar-refractivity contribution is 5.71. The summed E-state index contributed by atoms with van der Waals surface area (Å²) in [4.78, 5) is 11.9. The summed E-state index contributed by atoms with van der Waals surface area (Å²) in [5.74, 6) is 0.239. The zero-order valence-electron chi connectivity index (χ0n) is 14.6. The van der Waals surface area contributed by atoms with Gasteiger partial charge in [0.1, 0.15) is 0 Å². The quantitative estimate of drug-likeness (QED) is 0.518. The molecule has 0 saturated carbocycles. The summed E-state index contributed by atoms with van der Waals surface area (Å²) in [6, 6.07) is 0. The highest BCUT2D eigenvalue weighted by atomic mass is 16.5. The lowest BCUT2D eigenvalue weighted by atomic mass is 9.88. The van der Waals surface area contributed by atoms with Crippen LogP contribution < -0.4 is 0 Å². The van der Waals surface area contributed by atoms with Crippen molar-refractivity contribution >= 4 is 5.97 Å². The normalized spacial score (nSPS) is 18.6. The summed E-state index contributed by atoms with van der Waals surface area (Å²) in [6.07, 6.45) is 7.69. The molecule has 0 bridgehead atoms. The Morgan fingerprint density at radius 1 is 1.05 bits per heavy atom. The third-order valence-corrected chi connectivity index (χ3v) is 4.63. The fraction of sp³-hybridized carbons (Fsp3) is 0.737. The molecular formula is C19H32O2. The van der Waals surface area contributed by atoms with E-state index >= 15 is 0 Å². The maximum absolute atomic E-state index is 11.9. The predicted octanol–water partition coefficient (Wildman–Crippen LogP) is 5.58. The molecule has 1 aliphatic rings. The molecule has 0 aromatic heterocycles. The molecule has 1 rings (SSSR count). The van der Waals surface area contributed by atoms with Crippen LogP contribution in [0.3, 0.4) is 0 Å². The Labute approximate surface area is 130 Å². The van der Waals surface area contributed by atoms with E-state index in [1.807, 2.05) is 6.92 Å². The van der Waals surface area contributed by atoms with E-state index in [1.165, 1.54) is 48.0 Å². The Balaban J connectivity index is 2.96. The molecule has 0 saturated heterocycles. The van der Waals surface area contributed by atoms with Crippen LogP contribution in [-0.4, -0.2) is 12.6 Å². The van der Waals surface area contributed by atoms with Crippen LogP contribution in [0, 0.1) is 5.92 Å². The molecule has 0 radical (unpaired) electrons. The fourth-order valence-electron chi connectivity index (χ4n) is 3.27. The number of carbonyl (C=O) groups excluding carboxylic acids is 1. The molecule has 0 fully saturated rings. The highest BCUT2D eigenvalue weighted by Gasteiger charge is 2.30. The van der Waals surface area contributed by atoms with Gasteiger partial charge in [-0.15, -0.1) is 0 Å². The number of carbonyl (C=O) groups is 1. The Kier molecular flexibility index (Phi) is 7.77. The Morgan fingerprint density at radius 3 is 2.24 bits per heavy atom. The summed E-state index contributed by atoms with van der Waals surface area (Å²) < 4.78 is 5.17. The average molecular weight is 292 g/mol. The van der Waals surface area contributed by atoms with Crippen molar-refractivity contribution in [3.63, 3.8) is 0 Å². The summed E-state index contributed by atoms with van der Waals surface area (Å²) in [7, 11) is 0. The molecule has 0 amide bonds. The smallest absolute Gasteiger partial charge is 0.306 e. The van der Waals surface area contributed by atoms with Gasteiger partial charge in [-0.05, 0) is 57.6 Å². The first kappa shape index (κ1) is 18.0. The second-order valence-electron chi connectivity index (χ2n) is 6.08. The van der Waals surface area contributed by atoms with Gasteiger partial charge in [-0.1, -0.05) is 37.8 Å². The molecule has 0 aromatic carbocycles. The minimum Gasteiger partial charge on any atom is -0.466 e. The summed E-state index contributed by atoms with van der Waals surface area (Å²) in [5, 5.41) is 0. The molecule has 1 unspecified atom stereocenters. The minimum atomic E-state index is -0.0552. The van der Waals surface area contributed by atoms with Gasteiger partial charge in [0.25, 0.3) is 0 Å². The van der Waals surface area contributed by atoms with E-state index in [9.17, 15) is 4.79 Å².